The fourth-order valence-corrected chi connectivity index (χ4v) is 2.94. The van der Waals surface area contributed by atoms with Crippen molar-refractivity contribution in [1.29, 1.82) is 0 Å². The first-order valence-electron chi connectivity index (χ1n) is 4.41. The van der Waals surface area contributed by atoms with Crippen LogP contribution in [0.1, 0.15) is 10.4 Å². The number of anilines is 2. The summed E-state index contributed by atoms with van der Waals surface area (Å²) in [6.07, 6.45) is 0. The van der Waals surface area contributed by atoms with Gasteiger partial charge in [0.25, 0.3) is 5.91 Å². The molecule has 8 heteroatoms. The van der Waals surface area contributed by atoms with E-state index in [1.807, 2.05) is 6.07 Å². The molecule has 3 N–H and O–H groups in total. The molecule has 0 unspecified atom stereocenters. The number of hydrogen-bond donors (Lipinski definition) is 2. The monoisotopic (exact) mass is 376 g/mol. The minimum Gasteiger partial charge on any atom is -0.374 e. The number of nitrogens with one attached hydrogen (secondary N) is 1. The molecule has 0 atom stereocenters. The first-order chi connectivity index (χ1) is 8.04. The molecular formula is C9H6Br2N4OS. The smallest absolute Gasteiger partial charge is 0.257 e. The lowest BCUT2D eigenvalue weighted by molar-refractivity contribution is 0.102. The lowest BCUT2D eigenvalue weighted by Crippen LogP contribution is -2.11. The number of nitrogens with zero attached hydrogens (tertiary/aromatic N) is 2. The summed E-state index contributed by atoms with van der Waals surface area (Å²) in [5, 5.41) is 10.6. The average Bonchev–Trinajstić information content (AvgIpc) is 2.62. The Morgan fingerprint density at radius 1 is 1.24 bits per heavy atom. The third-order valence-corrected chi connectivity index (χ3v) is 3.37. The molecule has 0 saturated heterocycles. The van der Waals surface area contributed by atoms with E-state index < -0.39 is 0 Å². The van der Waals surface area contributed by atoms with E-state index >= 15 is 0 Å². The minimum atomic E-state index is -0.261. The maximum atomic E-state index is 11.9. The Bertz CT molecular complexity index is 552. The highest BCUT2D eigenvalue weighted by Gasteiger charge is 2.10. The van der Waals surface area contributed by atoms with Gasteiger partial charge in [0.2, 0.25) is 10.3 Å². The summed E-state index contributed by atoms with van der Waals surface area (Å²) in [5.41, 5.74) is 5.93. The number of halogens is 2. The van der Waals surface area contributed by atoms with Gasteiger partial charge in [0, 0.05) is 14.5 Å². The van der Waals surface area contributed by atoms with E-state index in [1.54, 1.807) is 12.1 Å². The van der Waals surface area contributed by atoms with Crippen LogP contribution >= 0.6 is 43.2 Å². The molecule has 1 heterocycles. The first-order valence-corrected chi connectivity index (χ1v) is 6.81. The highest BCUT2D eigenvalue weighted by atomic mass is 79.9. The van der Waals surface area contributed by atoms with Crippen molar-refractivity contribution in [3.8, 4) is 0 Å². The van der Waals surface area contributed by atoms with Gasteiger partial charge in [-0.25, -0.2) is 0 Å². The molecule has 0 aliphatic rings. The fourth-order valence-electron chi connectivity index (χ4n) is 1.14. The molecule has 2 aromatic rings. The van der Waals surface area contributed by atoms with Crippen LogP contribution in [-0.4, -0.2) is 16.1 Å². The van der Waals surface area contributed by atoms with E-state index in [2.05, 4.69) is 47.4 Å². The van der Waals surface area contributed by atoms with Crippen molar-refractivity contribution in [2.45, 2.75) is 0 Å². The van der Waals surface area contributed by atoms with E-state index in [1.165, 1.54) is 0 Å². The zero-order valence-corrected chi connectivity index (χ0v) is 12.3. The molecule has 0 bridgehead atoms. The molecule has 1 aromatic carbocycles. The number of nitrogen functional groups attached to an aromatic ring is 1. The second kappa shape index (κ2) is 5.11. The second-order valence-electron chi connectivity index (χ2n) is 3.06. The Balaban J connectivity index is 2.19. The summed E-state index contributed by atoms with van der Waals surface area (Å²) in [6.45, 7) is 0. The van der Waals surface area contributed by atoms with Crippen molar-refractivity contribution in [3.63, 3.8) is 0 Å². The third kappa shape index (κ3) is 3.24. The lowest BCUT2D eigenvalue weighted by Gasteiger charge is -2.02. The van der Waals surface area contributed by atoms with Gasteiger partial charge >= 0.3 is 0 Å². The Hall–Kier alpha value is -0.990. The molecule has 0 aliphatic heterocycles. The van der Waals surface area contributed by atoms with Gasteiger partial charge in [-0.15, -0.1) is 10.2 Å². The van der Waals surface area contributed by atoms with Gasteiger partial charge in [-0.3, -0.25) is 10.1 Å². The van der Waals surface area contributed by atoms with E-state index in [-0.39, 0.29) is 5.91 Å². The molecule has 2 rings (SSSR count). The molecule has 1 aromatic heterocycles. The Kier molecular flexibility index (Phi) is 3.75. The number of hydrogen-bond acceptors (Lipinski definition) is 5. The molecule has 88 valence electrons. The van der Waals surface area contributed by atoms with Crippen molar-refractivity contribution in [2.24, 2.45) is 0 Å². The number of carbonyl (C=O) groups excluding carboxylic acids is 1. The van der Waals surface area contributed by atoms with E-state index in [4.69, 9.17) is 5.73 Å². The van der Waals surface area contributed by atoms with Crippen molar-refractivity contribution in [1.82, 2.24) is 10.2 Å². The number of nitrogens with two attached hydrogens (primary N) is 1. The molecule has 0 radical (unpaired) electrons. The largest absolute Gasteiger partial charge is 0.374 e. The highest BCUT2D eigenvalue weighted by Crippen LogP contribution is 2.22. The molecule has 0 saturated carbocycles. The van der Waals surface area contributed by atoms with Gasteiger partial charge in [-0.1, -0.05) is 43.2 Å². The molecule has 5 nitrogen and oxygen atoms in total. The van der Waals surface area contributed by atoms with Crippen molar-refractivity contribution in [2.75, 3.05) is 11.1 Å². The molecule has 0 aliphatic carbocycles. The normalized spacial score (nSPS) is 10.2. The van der Waals surface area contributed by atoms with E-state index in [0.29, 0.717) is 15.8 Å². The first kappa shape index (κ1) is 12.5. The van der Waals surface area contributed by atoms with Crippen LogP contribution < -0.4 is 11.1 Å². The SMILES string of the molecule is Nc1nnc(NC(=O)c2cc(Br)cc(Br)c2)s1. The summed E-state index contributed by atoms with van der Waals surface area (Å²) < 4.78 is 1.63. The average molecular weight is 378 g/mol. The topological polar surface area (TPSA) is 80.9 Å². The maximum Gasteiger partial charge on any atom is 0.257 e. The zero-order chi connectivity index (χ0) is 12.4. The summed E-state index contributed by atoms with van der Waals surface area (Å²) in [7, 11) is 0. The van der Waals surface area contributed by atoms with Gasteiger partial charge in [-0.05, 0) is 18.2 Å². The third-order valence-electron chi connectivity index (χ3n) is 1.79. The van der Waals surface area contributed by atoms with Gasteiger partial charge in [0.1, 0.15) is 0 Å². The number of rotatable bonds is 2. The van der Waals surface area contributed by atoms with Gasteiger partial charge in [0.05, 0.1) is 0 Å². The summed E-state index contributed by atoms with van der Waals surface area (Å²) in [6, 6.07) is 5.27. The lowest BCUT2D eigenvalue weighted by atomic mass is 10.2. The van der Waals surface area contributed by atoms with E-state index in [9.17, 15) is 4.79 Å². The van der Waals surface area contributed by atoms with Crippen molar-refractivity contribution >= 4 is 59.4 Å². The number of benzene rings is 1. The van der Waals surface area contributed by atoms with Crippen LogP contribution in [0.4, 0.5) is 10.3 Å². The van der Waals surface area contributed by atoms with Gasteiger partial charge < -0.3 is 5.73 Å². The van der Waals surface area contributed by atoms with Crippen LogP contribution in [0.25, 0.3) is 0 Å². The zero-order valence-electron chi connectivity index (χ0n) is 8.28. The van der Waals surface area contributed by atoms with Gasteiger partial charge in [-0.2, -0.15) is 0 Å². The van der Waals surface area contributed by atoms with E-state index in [0.717, 1.165) is 20.3 Å². The molecular weight excluding hydrogens is 372 g/mol. The van der Waals surface area contributed by atoms with Crippen LogP contribution in [0.2, 0.25) is 0 Å². The Morgan fingerprint density at radius 2 is 1.88 bits per heavy atom. The molecule has 0 fully saturated rings. The van der Waals surface area contributed by atoms with Crippen LogP contribution in [0.15, 0.2) is 27.1 Å². The predicted octanol–water partition coefficient (Wildman–Crippen LogP) is 2.90. The summed E-state index contributed by atoms with van der Waals surface area (Å²) >= 11 is 7.75. The molecule has 17 heavy (non-hydrogen) atoms. The fraction of sp³-hybridized carbons (Fsp3) is 0. The van der Waals surface area contributed by atoms with Crippen molar-refractivity contribution in [3.05, 3.63) is 32.7 Å². The van der Waals surface area contributed by atoms with Crippen LogP contribution in [-0.2, 0) is 0 Å². The van der Waals surface area contributed by atoms with Crippen molar-refractivity contribution < 1.29 is 4.79 Å². The number of carbonyl (C=O) groups is 1. The predicted molar refractivity (Wildman–Crippen MR) is 74.1 cm³/mol. The Labute approximate surface area is 118 Å². The highest BCUT2D eigenvalue weighted by molar-refractivity contribution is 9.11. The second-order valence-corrected chi connectivity index (χ2v) is 5.90. The van der Waals surface area contributed by atoms with Crippen LogP contribution in [0, 0.1) is 0 Å². The van der Waals surface area contributed by atoms with Crippen LogP contribution in [0.3, 0.4) is 0 Å². The summed E-state index contributed by atoms with van der Waals surface area (Å²) in [5.74, 6) is -0.261. The molecule has 0 spiro atoms. The summed E-state index contributed by atoms with van der Waals surface area (Å²) in [4.78, 5) is 11.9. The minimum absolute atomic E-state index is 0.261. The number of amides is 1. The van der Waals surface area contributed by atoms with Crippen LogP contribution in [0.5, 0.6) is 0 Å². The standard InChI is InChI=1S/C9H6Br2N4OS/c10-5-1-4(2-6(11)3-5)7(16)13-9-15-14-8(12)17-9/h1-3H,(H2,12,14)(H,13,15,16). The Morgan fingerprint density at radius 3 is 2.41 bits per heavy atom. The van der Waals surface area contributed by atoms with Gasteiger partial charge in [0.15, 0.2) is 0 Å². The number of aromatic nitrogens is 2. The quantitative estimate of drug-likeness (QED) is 0.843. The molecule has 1 amide bonds. The maximum absolute atomic E-state index is 11.9.